The number of benzene rings is 1. The van der Waals surface area contributed by atoms with E-state index >= 15 is 0 Å². The number of phenols is 1. The third-order valence-electron chi connectivity index (χ3n) is 1.76. The van der Waals surface area contributed by atoms with Gasteiger partial charge >= 0.3 is 0 Å². The molecule has 0 saturated carbocycles. The Bertz CT molecular complexity index is 502. The molecule has 0 unspecified atom stereocenters. The smallest absolute Gasteiger partial charge is 0.271 e. The van der Waals surface area contributed by atoms with Crippen molar-refractivity contribution in [2.45, 2.75) is 0 Å². The Labute approximate surface area is 96.7 Å². The molecular weight excluding hydrogens is 230 g/mol. The zero-order valence-corrected chi connectivity index (χ0v) is 8.90. The zero-order chi connectivity index (χ0) is 12.1. The van der Waals surface area contributed by atoms with Crippen molar-refractivity contribution in [1.29, 1.82) is 0 Å². The first-order valence-electron chi connectivity index (χ1n) is 4.16. The van der Waals surface area contributed by atoms with Gasteiger partial charge in [0.1, 0.15) is 5.75 Å². The molecule has 0 radical (unpaired) electrons. The van der Waals surface area contributed by atoms with Gasteiger partial charge in [-0.15, -0.1) is 0 Å². The first-order chi connectivity index (χ1) is 7.60. The molecule has 0 bridgehead atoms. The van der Waals surface area contributed by atoms with E-state index in [1.165, 1.54) is 0 Å². The van der Waals surface area contributed by atoms with E-state index in [0.717, 1.165) is 12.1 Å². The maximum Gasteiger partial charge on any atom is 0.271 e. The lowest BCUT2D eigenvalue weighted by Gasteiger charge is -2.00. The molecule has 1 N–H and O–H groups in total. The highest BCUT2D eigenvalue weighted by atomic mass is 32.1. The van der Waals surface area contributed by atoms with Crippen molar-refractivity contribution >= 4 is 24.6 Å². The third-order valence-corrected chi connectivity index (χ3v) is 1.92. The maximum absolute atomic E-state index is 10.6. The van der Waals surface area contributed by atoms with Gasteiger partial charge in [0.15, 0.2) is 6.29 Å². The molecule has 82 valence electrons. The largest absolute Gasteiger partial charge is 0.506 e. The molecule has 0 aliphatic heterocycles. The summed E-state index contributed by atoms with van der Waals surface area (Å²) in [4.78, 5) is 20.5. The van der Waals surface area contributed by atoms with Crippen molar-refractivity contribution < 1.29 is 14.8 Å². The summed E-state index contributed by atoms with van der Waals surface area (Å²) in [6.07, 6.45) is 0.341. The highest BCUT2D eigenvalue weighted by molar-refractivity contribution is 7.80. The first kappa shape index (κ1) is 12.1. The number of hydrogen-bond acceptors (Lipinski definition) is 5. The van der Waals surface area contributed by atoms with Crippen molar-refractivity contribution in [2.24, 2.45) is 0 Å². The molecule has 6 heteroatoms. The summed E-state index contributed by atoms with van der Waals surface area (Å²) < 4.78 is 0. The van der Waals surface area contributed by atoms with E-state index in [2.05, 4.69) is 24.5 Å². The molecule has 16 heavy (non-hydrogen) atoms. The number of rotatable bonds is 2. The number of nitrogens with zero attached hydrogens (tertiary/aromatic N) is 1. The molecule has 0 heterocycles. The van der Waals surface area contributed by atoms with Crippen LogP contribution < -0.4 is 0 Å². The van der Waals surface area contributed by atoms with Crippen LogP contribution in [0, 0.1) is 22.0 Å². The second-order valence-corrected chi connectivity index (χ2v) is 3.08. The molecule has 0 aromatic heterocycles. The van der Waals surface area contributed by atoms with Crippen LogP contribution in [0.3, 0.4) is 0 Å². The Balaban J connectivity index is 3.41. The van der Waals surface area contributed by atoms with Crippen LogP contribution in [-0.4, -0.2) is 22.1 Å². The van der Waals surface area contributed by atoms with Gasteiger partial charge in [0.05, 0.1) is 21.8 Å². The van der Waals surface area contributed by atoms with Crippen molar-refractivity contribution in [2.75, 3.05) is 5.75 Å². The van der Waals surface area contributed by atoms with Gasteiger partial charge in [-0.3, -0.25) is 14.9 Å². The van der Waals surface area contributed by atoms with Gasteiger partial charge in [-0.05, 0) is 0 Å². The molecule has 1 aromatic carbocycles. The van der Waals surface area contributed by atoms with Crippen LogP contribution in [0.5, 0.6) is 5.75 Å². The third kappa shape index (κ3) is 2.52. The van der Waals surface area contributed by atoms with E-state index in [9.17, 15) is 20.0 Å². The van der Waals surface area contributed by atoms with Crippen LogP contribution in [0.4, 0.5) is 5.69 Å². The zero-order valence-electron chi connectivity index (χ0n) is 8.01. The number of hydrogen-bond donors (Lipinski definition) is 2. The SMILES string of the molecule is O=Cc1cc([N+](=O)[O-])cc(C#CCS)c1O. The summed E-state index contributed by atoms with van der Waals surface area (Å²) in [6, 6.07) is 2.10. The first-order valence-corrected chi connectivity index (χ1v) is 4.79. The van der Waals surface area contributed by atoms with Crippen LogP contribution >= 0.6 is 12.6 Å². The van der Waals surface area contributed by atoms with Crippen LogP contribution in [0.15, 0.2) is 12.1 Å². The summed E-state index contributed by atoms with van der Waals surface area (Å²) in [6.45, 7) is 0. The van der Waals surface area contributed by atoms with Crippen molar-refractivity contribution in [3.05, 3.63) is 33.4 Å². The molecule has 0 saturated heterocycles. The van der Waals surface area contributed by atoms with Gasteiger partial charge in [-0.1, -0.05) is 11.8 Å². The number of carbonyl (C=O) groups excluding carboxylic acids is 1. The molecule has 0 atom stereocenters. The Morgan fingerprint density at radius 1 is 1.56 bits per heavy atom. The number of aromatic hydroxyl groups is 1. The quantitative estimate of drug-likeness (QED) is 0.268. The fraction of sp³-hybridized carbons (Fsp3) is 0.100. The maximum atomic E-state index is 10.6. The Morgan fingerprint density at radius 2 is 2.25 bits per heavy atom. The predicted octanol–water partition coefficient (Wildman–Crippen LogP) is 1.39. The minimum Gasteiger partial charge on any atom is -0.506 e. The summed E-state index contributed by atoms with van der Waals surface area (Å²) >= 11 is 3.84. The van der Waals surface area contributed by atoms with E-state index in [1.54, 1.807) is 0 Å². The average Bonchev–Trinajstić information content (AvgIpc) is 2.27. The molecule has 1 aromatic rings. The lowest BCUT2D eigenvalue weighted by molar-refractivity contribution is -0.384. The minimum atomic E-state index is -0.654. The molecular formula is C10H7NO4S. The number of thiol groups is 1. The number of nitro benzene ring substituents is 1. The highest BCUT2D eigenvalue weighted by Crippen LogP contribution is 2.26. The van der Waals surface area contributed by atoms with Crippen molar-refractivity contribution in [3.8, 4) is 17.6 Å². The molecule has 5 nitrogen and oxygen atoms in total. The average molecular weight is 237 g/mol. The predicted molar refractivity (Wildman–Crippen MR) is 60.9 cm³/mol. The van der Waals surface area contributed by atoms with Gasteiger partial charge in [0.2, 0.25) is 0 Å². The number of nitro groups is 1. The normalized spacial score (nSPS) is 9.06. The molecule has 0 amide bonds. The summed E-state index contributed by atoms with van der Waals surface area (Å²) in [5.41, 5.74) is -0.397. The van der Waals surface area contributed by atoms with Crippen molar-refractivity contribution in [3.63, 3.8) is 0 Å². The second-order valence-electron chi connectivity index (χ2n) is 2.77. The van der Waals surface area contributed by atoms with E-state index in [0.29, 0.717) is 6.29 Å². The molecule has 0 aliphatic carbocycles. The van der Waals surface area contributed by atoms with Gasteiger partial charge in [-0.2, -0.15) is 12.6 Å². The topological polar surface area (TPSA) is 80.4 Å². The number of phenolic OH excluding ortho intramolecular Hbond substituents is 1. The lowest BCUT2D eigenvalue weighted by atomic mass is 10.1. The monoisotopic (exact) mass is 237 g/mol. The van der Waals surface area contributed by atoms with E-state index in [1.807, 2.05) is 0 Å². The van der Waals surface area contributed by atoms with Crippen molar-refractivity contribution in [1.82, 2.24) is 0 Å². The van der Waals surface area contributed by atoms with Crippen LogP contribution in [-0.2, 0) is 0 Å². The highest BCUT2D eigenvalue weighted by Gasteiger charge is 2.14. The Morgan fingerprint density at radius 3 is 2.75 bits per heavy atom. The standard InChI is InChI=1S/C10H7NO4S/c12-6-8-5-9(11(14)15)4-7(10(8)13)2-1-3-16/h4-6,13,16H,3H2. The lowest BCUT2D eigenvalue weighted by Crippen LogP contribution is -1.93. The van der Waals surface area contributed by atoms with Gasteiger partial charge in [-0.25, -0.2) is 0 Å². The second kappa shape index (κ2) is 5.19. The molecule has 1 rings (SSSR count). The molecule has 0 spiro atoms. The van der Waals surface area contributed by atoms with E-state index in [4.69, 9.17) is 0 Å². The van der Waals surface area contributed by atoms with Gasteiger partial charge in [0.25, 0.3) is 5.69 Å². The van der Waals surface area contributed by atoms with Crippen LogP contribution in [0.1, 0.15) is 15.9 Å². The van der Waals surface area contributed by atoms with Gasteiger partial charge < -0.3 is 5.11 Å². The summed E-state index contributed by atoms with van der Waals surface area (Å²) in [5.74, 6) is 4.93. The fourth-order valence-corrected chi connectivity index (χ4v) is 1.15. The Kier molecular flexibility index (Phi) is 3.91. The number of carbonyl (C=O) groups is 1. The fourth-order valence-electron chi connectivity index (χ4n) is 1.07. The molecule has 0 aliphatic rings. The Hall–Kier alpha value is -2.00. The van der Waals surface area contributed by atoms with Crippen LogP contribution in [0.25, 0.3) is 0 Å². The van der Waals surface area contributed by atoms with Gasteiger partial charge in [0, 0.05) is 12.1 Å². The minimum absolute atomic E-state index is 0.0466. The molecule has 0 fully saturated rings. The number of aldehydes is 1. The van der Waals surface area contributed by atoms with Crippen LogP contribution in [0.2, 0.25) is 0 Å². The number of non-ortho nitro benzene ring substituents is 1. The summed E-state index contributed by atoms with van der Waals surface area (Å²) in [5, 5.41) is 20.1. The van der Waals surface area contributed by atoms with E-state index < -0.39 is 4.92 Å². The van der Waals surface area contributed by atoms with E-state index in [-0.39, 0.29) is 28.3 Å². The summed E-state index contributed by atoms with van der Waals surface area (Å²) in [7, 11) is 0.